The molecule has 3 heterocycles. The molecule has 0 N–H and O–H groups in total. The minimum absolute atomic E-state index is 0.202. The van der Waals surface area contributed by atoms with Gasteiger partial charge in [0.15, 0.2) is 0 Å². The Kier molecular flexibility index (Phi) is 3.23. The van der Waals surface area contributed by atoms with Crippen LogP contribution in [0.4, 0.5) is 4.39 Å². The maximum Gasteiger partial charge on any atom is 0.342 e. The summed E-state index contributed by atoms with van der Waals surface area (Å²) in [5.41, 5.74) is 5.87. The fraction of sp³-hybridized carbons (Fsp3) is 0.158. The number of aromatic nitrogens is 2. The number of fused-ring (bicyclic) bond motifs is 1. The van der Waals surface area contributed by atoms with Gasteiger partial charge in [0.05, 0.1) is 17.1 Å². The molecule has 120 valence electrons. The van der Waals surface area contributed by atoms with Crippen molar-refractivity contribution >= 4 is 5.97 Å². The minimum atomic E-state index is -0.359. The van der Waals surface area contributed by atoms with Gasteiger partial charge in [-0.3, -0.25) is 4.98 Å². The molecule has 1 aliphatic heterocycles. The van der Waals surface area contributed by atoms with E-state index in [0.717, 1.165) is 28.1 Å². The molecule has 0 saturated heterocycles. The lowest BCUT2D eigenvalue weighted by atomic mass is 10.1. The van der Waals surface area contributed by atoms with Crippen molar-refractivity contribution in [3.63, 3.8) is 0 Å². The zero-order valence-corrected chi connectivity index (χ0v) is 13.3. The van der Waals surface area contributed by atoms with Crippen molar-refractivity contribution in [2.75, 3.05) is 0 Å². The van der Waals surface area contributed by atoms with Crippen LogP contribution in [0.25, 0.3) is 16.9 Å². The van der Waals surface area contributed by atoms with Crippen molar-refractivity contribution in [3.05, 3.63) is 70.9 Å². The smallest absolute Gasteiger partial charge is 0.342 e. The maximum atomic E-state index is 13.3. The van der Waals surface area contributed by atoms with Gasteiger partial charge in [-0.1, -0.05) is 0 Å². The van der Waals surface area contributed by atoms with E-state index in [1.165, 1.54) is 12.1 Å². The van der Waals surface area contributed by atoms with Gasteiger partial charge in [-0.2, -0.15) is 0 Å². The number of ether oxygens (including phenoxy) is 1. The molecule has 0 radical (unpaired) electrons. The lowest BCUT2D eigenvalue weighted by molar-refractivity contribution is 0.0533. The number of aryl methyl sites for hydroxylation is 1. The van der Waals surface area contributed by atoms with Crippen LogP contribution in [-0.4, -0.2) is 15.5 Å². The van der Waals surface area contributed by atoms with Gasteiger partial charge in [0, 0.05) is 12.4 Å². The standard InChI is InChI=1S/C19H15FN2O2/c1-11-9-22(16-7-8-21-15-10-24-19(23)17(15)16)18(12(11)2)13-3-5-14(20)6-4-13/h3-9H,10H2,1-2H3. The number of pyridine rings is 1. The van der Waals surface area contributed by atoms with Crippen LogP contribution in [0.5, 0.6) is 0 Å². The van der Waals surface area contributed by atoms with E-state index in [-0.39, 0.29) is 18.4 Å². The topological polar surface area (TPSA) is 44.1 Å². The number of hydrogen-bond donors (Lipinski definition) is 0. The van der Waals surface area contributed by atoms with Crippen molar-refractivity contribution in [3.8, 4) is 16.9 Å². The average Bonchev–Trinajstić information content (AvgIpc) is 3.10. The lowest BCUT2D eigenvalue weighted by Gasteiger charge is -2.13. The predicted octanol–water partition coefficient (Wildman–Crippen LogP) is 3.97. The van der Waals surface area contributed by atoms with Crippen LogP contribution in [-0.2, 0) is 11.3 Å². The van der Waals surface area contributed by atoms with Crippen molar-refractivity contribution in [1.82, 2.24) is 9.55 Å². The first-order valence-corrected chi connectivity index (χ1v) is 7.66. The van der Waals surface area contributed by atoms with Gasteiger partial charge in [0.2, 0.25) is 0 Å². The summed E-state index contributed by atoms with van der Waals surface area (Å²) in [4.78, 5) is 16.3. The normalized spacial score (nSPS) is 13.0. The van der Waals surface area contributed by atoms with Gasteiger partial charge < -0.3 is 9.30 Å². The third kappa shape index (κ3) is 2.12. The van der Waals surface area contributed by atoms with E-state index >= 15 is 0 Å². The molecule has 1 aliphatic rings. The number of carbonyl (C=O) groups excluding carboxylic acids is 1. The number of esters is 1. The number of rotatable bonds is 2. The molecule has 0 amide bonds. The molecule has 0 bridgehead atoms. The number of halogens is 1. The molecule has 3 aromatic rings. The van der Waals surface area contributed by atoms with E-state index in [2.05, 4.69) is 4.98 Å². The summed E-state index contributed by atoms with van der Waals surface area (Å²) in [5.74, 6) is -0.637. The van der Waals surface area contributed by atoms with Gasteiger partial charge in [-0.05, 0) is 60.9 Å². The molecule has 0 spiro atoms. The summed E-state index contributed by atoms with van der Waals surface area (Å²) in [6, 6.07) is 8.16. The van der Waals surface area contributed by atoms with Crippen LogP contribution in [0, 0.1) is 19.7 Å². The molecule has 0 fully saturated rings. The highest BCUT2D eigenvalue weighted by Crippen LogP contribution is 2.33. The molecule has 0 unspecified atom stereocenters. The highest BCUT2D eigenvalue weighted by Gasteiger charge is 2.28. The highest BCUT2D eigenvalue weighted by molar-refractivity contribution is 5.97. The third-order valence-electron chi connectivity index (χ3n) is 4.44. The molecular formula is C19H15FN2O2. The molecule has 4 rings (SSSR count). The number of carbonyl (C=O) groups is 1. The van der Waals surface area contributed by atoms with Crippen LogP contribution < -0.4 is 0 Å². The Morgan fingerprint density at radius 1 is 1.17 bits per heavy atom. The monoisotopic (exact) mass is 322 g/mol. The summed E-state index contributed by atoms with van der Waals surface area (Å²) in [6.45, 7) is 4.23. The van der Waals surface area contributed by atoms with Crippen molar-refractivity contribution in [1.29, 1.82) is 0 Å². The molecule has 1 aromatic carbocycles. The molecular weight excluding hydrogens is 307 g/mol. The van der Waals surface area contributed by atoms with Gasteiger partial charge in [-0.15, -0.1) is 0 Å². The van der Waals surface area contributed by atoms with Gasteiger partial charge in [0.1, 0.15) is 18.0 Å². The number of cyclic esters (lactones) is 1. The first kappa shape index (κ1) is 14.6. The Labute approximate surface area is 138 Å². The largest absolute Gasteiger partial charge is 0.455 e. The Morgan fingerprint density at radius 2 is 1.92 bits per heavy atom. The zero-order chi connectivity index (χ0) is 16.8. The Morgan fingerprint density at radius 3 is 2.67 bits per heavy atom. The van der Waals surface area contributed by atoms with Crippen LogP contribution >= 0.6 is 0 Å². The summed E-state index contributed by atoms with van der Waals surface area (Å²) >= 11 is 0. The van der Waals surface area contributed by atoms with E-state index in [9.17, 15) is 9.18 Å². The summed E-state index contributed by atoms with van der Waals surface area (Å²) in [6.07, 6.45) is 3.66. The maximum absolute atomic E-state index is 13.3. The molecule has 0 atom stereocenters. The van der Waals surface area contributed by atoms with Crippen molar-refractivity contribution in [2.45, 2.75) is 20.5 Å². The molecule has 24 heavy (non-hydrogen) atoms. The van der Waals surface area contributed by atoms with Gasteiger partial charge in [-0.25, -0.2) is 9.18 Å². The van der Waals surface area contributed by atoms with E-state index in [4.69, 9.17) is 4.74 Å². The first-order chi connectivity index (χ1) is 11.6. The van der Waals surface area contributed by atoms with Crippen LogP contribution in [0.15, 0.2) is 42.7 Å². The number of nitrogens with zero attached hydrogens (tertiary/aromatic N) is 2. The minimum Gasteiger partial charge on any atom is -0.455 e. The SMILES string of the molecule is Cc1cn(-c2ccnc3c2C(=O)OC3)c(-c2ccc(F)cc2)c1C. The van der Waals surface area contributed by atoms with E-state index in [0.29, 0.717) is 11.3 Å². The van der Waals surface area contributed by atoms with Gasteiger partial charge in [0.25, 0.3) is 0 Å². The molecule has 0 saturated carbocycles. The molecule has 4 nitrogen and oxygen atoms in total. The predicted molar refractivity (Wildman–Crippen MR) is 87.6 cm³/mol. The Balaban J connectivity index is 1.99. The number of benzene rings is 1. The first-order valence-electron chi connectivity index (χ1n) is 7.66. The third-order valence-corrected chi connectivity index (χ3v) is 4.44. The number of hydrogen-bond acceptors (Lipinski definition) is 3. The van der Waals surface area contributed by atoms with Crippen LogP contribution in [0.1, 0.15) is 27.2 Å². The Hall–Kier alpha value is -2.95. The second-order valence-corrected chi connectivity index (χ2v) is 5.89. The van der Waals surface area contributed by atoms with Crippen LogP contribution in [0.2, 0.25) is 0 Å². The summed E-state index contributed by atoms with van der Waals surface area (Å²) in [7, 11) is 0. The van der Waals surface area contributed by atoms with E-state index in [1.54, 1.807) is 24.4 Å². The van der Waals surface area contributed by atoms with Crippen LogP contribution in [0.3, 0.4) is 0 Å². The molecule has 0 aliphatic carbocycles. The quantitative estimate of drug-likeness (QED) is 0.671. The second-order valence-electron chi connectivity index (χ2n) is 5.89. The fourth-order valence-electron chi connectivity index (χ4n) is 3.11. The van der Waals surface area contributed by atoms with Crippen molar-refractivity contribution < 1.29 is 13.9 Å². The molecule has 2 aromatic heterocycles. The zero-order valence-electron chi connectivity index (χ0n) is 13.3. The Bertz CT molecular complexity index is 958. The fourth-order valence-corrected chi connectivity index (χ4v) is 3.11. The highest BCUT2D eigenvalue weighted by atomic mass is 19.1. The van der Waals surface area contributed by atoms with Crippen molar-refractivity contribution in [2.24, 2.45) is 0 Å². The van der Waals surface area contributed by atoms with E-state index in [1.807, 2.05) is 24.6 Å². The summed E-state index contributed by atoms with van der Waals surface area (Å²) in [5, 5.41) is 0. The average molecular weight is 322 g/mol. The van der Waals surface area contributed by atoms with E-state index < -0.39 is 0 Å². The second kappa shape index (κ2) is 5.30. The summed E-state index contributed by atoms with van der Waals surface area (Å²) < 4.78 is 20.4. The molecule has 5 heteroatoms. The van der Waals surface area contributed by atoms with Gasteiger partial charge >= 0.3 is 5.97 Å². The lowest BCUT2D eigenvalue weighted by Crippen LogP contribution is -2.05.